The summed E-state index contributed by atoms with van der Waals surface area (Å²) in [6.45, 7) is 0. The van der Waals surface area contributed by atoms with Gasteiger partial charge in [0, 0.05) is 48.4 Å². The number of pyridine rings is 2. The van der Waals surface area contributed by atoms with Crippen molar-refractivity contribution in [2.24, 2.45) is 0 Å². The van der Waals surface area contributed by atoms with Gasteiger partial charge >= 0.3 is 11.9 Å². The number of hydrogen-bond acceptors (Lipinski definition) is 6. The van der Waals surface area contributed by atoms with E-state index < -0.39 is 17.8 Å². The van der Waals surface area contributed by atoms with Crippen LogP contribution in [0, 0.1) is 5.82 Å². The molecular weight excluding hydrogens is 455 g/mol. The number of aromatic amines is 1. The monoisotopic (exact) mass is 478 g/mol. The van der Waals surface area contributed by atoms with Crippen molar-refractivity contribution in [3.8, 4) is 5.69 Å². The van der Waals surface area contributed by atoms with Gasteiger partial charge in [0.15, 0.2) is 5.69 Å². The fourth-order valence-corrected chi connectivity index (χ4v) is 3.17. The van der Waals surface area contributed by atoms with E-state index in [9.17, 15) is 14.0 Å². The molecule has 2 fully saturated rings. The van der Waals surface area contributed by atoms with Crippen LogP contribution in [0.25, 0.3) is 5.69 Å². The number of carbonyl (C=O) groups is 2. The minimum absolute atomic E-state index is 0.0455. The van der Waals surface area contributed by atoms with Gasteiger partial charge in [-0.3, -0.25) is 0 Å². The van der Waals surface area contributed by atoms with Crippen LogP contribution in [0.3, 0.4) is 0 Å². The molecule has 2 saturated carbocycles. The Morgan fingerprint density at radius 3 is 2.14 bits per heavy atom. The lowest BCUT2D eigenvalue weighted by molar-refractivity contribution is 0.0679. The third kappa shape index (κ3) is 6.79. The summed E-state index contributed by atoms with van der Waals surface area (Å²) in [6, 6.07) is 5.26. The molecule has 4 heterocycles. The third-order valence-electron chi connectivity index (χ3n) is 5.34. The average Bonchev–Trinajstić information content (AvgIpc) is 3.79. The number of carboxylic acid groups (broad SMARTS) is 2. The summed E-state index contributed by atoms with van der Waals surface area (Å²) in [6.07, 6.45) is 15.0. The summed E-state index contributed by atoms with van der Waals surface area (Å²) in [5.41, 5.74) is 2.93. The van der Waals surface area contributed by atoms with E-state index in [1.807, 2.05) is 17.0 Å². The van der Waals surface area contributed by atoms with E-state index in [2.05, 4.69) is 24.9 Å². The van der Waals surface area contributed by atoms with E-state index in [1.165, 1.54) is 37.6 Å². The largest absolute Gasteiger partial charge is 0.477 e. The molecule has 0 saturated heterocycles. The van der Waals surface area contributed by atoms with E-state index in [-0.39, 0.29) is 11.4 Å². The Labute approximate surface area is 199 Å². The highest BCUT2D eigenvalue weighted by molar-refractivity contribution is 5.86. The van der Waals surface area contributed by atoms with Crippen LogP contribution in [0.2, 0.25) is 0 Å². The fourth-order valence-electron chi connectivity index (χ4n) is 3.17. The lowest BCUT2D eigenvalue weighted by Gasteiger charge is -2.01. The van der Waals surface area contributed by atoms with Crippen molar-refractivity contribution >= 4 is 11.9 Å². The van der Waals surface area contributed by atoms with Gasteiger partial charge in [-0.1, -0.05) is 0 Å². The van der Waals surface area contributed by atoms with Gasteiger partial charge in [0.05, 0.1) is 24.0 Å². The van der Waals surface area contributed by atoms with Crippen LogP contribution in [-0.2, 0) is 0 Å². The Balaban J connectivity index is 0.000000136. The number of rotatable bonds is 5. The van der Waals surface area contributed by atoms with Crippen molar-refractivity contribution in [1.82, 2.24) is 29.5 Å². The number of nitrogens with one attached hydrogen (secondary N) is 1. The first kappa shape index (κ1) is 23.7. The molecule has 4 aromatic rings. The molecule has 0 bridgehead atoms. The van der Waals surface area contributed by atoms with Crippen LogP contribution >= 0.6 is 0 Å². The van der Waals surface area contributed by atoms with E-state index in [4.69, 9.17) is 10.2 Å². The molecule has 11 heteroatoms. The van der Waals surface area contributed by atoms with E-state index >= 15 is 0 Å². The van der Waals surface area contributed by atoms with Crippen molar-refractivity contribution in [2.45, 2.75) is 37.5 Å². The second-order valence-corrected chi connectivity index (χ2v) is 8.13. The molecule has 0 amide bonds. The zero-order valence-electron chi connectivity index (χ0n) is 18.6. The van der Waals surface area contributed by atoms with Crippen molar-refractivity contribution in [1.29, 1.82) is 0 Å². The molecule has 0 radical (unpaired) electrons. The first-order valence-corrected chi connectivity index (χ1v) is 11.0. The van der Waals surface area contributed by atoms with Crippen LogP contribution in [0.1, 0.15) is 69.9 Å². The smallest absolute Gasteiger partial charge is 0.354 e. The Hall–Kier alpha value is -4.41. The second-order valence-electron chi connectivity index (χ2n) is 8.13. The third-order valence-corrected chi connectivity index (χ3v) is 5.34. The van der Waals surface area contributed by atoms with E-state index in [0.717, 1.165) is 35.6 Å². The molecule has 180 valence electrons. The number of aromatic nitrogens is 6. The Morgan fingerprint density at radius 1 is 0.943 bits per heavy atom. The van der Waals surface area contributed by atoms with Gasteiger partial charge in [-0.25, -0.2) is 33.9 Å². The van der Waals surface area contributed by atoms with Crippen LogP contribution in [0.5, 0.6) is 0 Å². The summed E-state index contributed by atoms with van der Waals surface area (Å²) < 4.78 is 14.1. The number of aromatic carboxylic acids is 2. The van der Waals surface area contributed by atoms with Crippen molar-refractivity contribution in [3.05, 3.63) is 90.3 Å². The molecule has 2 aliphatic carbocycles. The lowest BCUT2D eigenvalue weighted by atomic mass is 10.3. The van der Waals surface area contributed by atoms with Gasteiger partial charge in [0.1, 0.15) is 11.5 Å². The second kappa shape index (κ2) is 10.7. The van der Waals surface area contributed by atoms with Gasteiger partial charge in [-0.05, 0) is 43.9 Å². The standard InChI is InChI=1S/C12H11N3O2.C6H4FNO2.C6H8N2/c16-12(17)10-5-9(3-4-13-10)15-6-11(14-7-15)8-1-2-8;7-4-1-2-8-5(3-4)6(9)10;1-2-5(1)6-3-7-4-8-6/h3-8H,1-2H2,(H,16,17);1-3H,(H,9,10);3-5H,1-2H2,(H,7,8). The molecule has 2 aliphatic rings. The van der Waals surface area contributed by atoms with Crippen LogP contribution in [0.4, 0.5) is 4.39 Å². The maximum atomic E-state index is 12.2. The topological polar surface area (TPSA) is 147 Å². The molecule has 35 heavy (non-hydrogen) atoms. The zero-order valence-corrected chi connectivity index (χ0v) is 18.6. The molecule has 0 aromatic carbocycles. The molecular formula is C24H23FN6O4. The molecule has 6 rings (SSSR count). The Kier molecular flexibility index (Phi) is 7.24. The predicted octanol–water partition coefficient (Wildman–Crippen LogP) is 4.05. The molecule has 10 nitrogen and oxygen atoms in total. The fraction of sp³-hybridized carbons (Fsp3) is 0.250. The van der Waals surface area contributed by atoms with Crippen molar-refractivity contribution in [3.63, 3.8) is 0 Å². The SMILES string of the molecule is O=C(O)c1cc(-n2cnc(C3CC3)c2)ccn1.O=C(O)c1cc(F)ccn1.c1ncc(C2CC2)[nH]1. The normalized spacial score (nSPS) is 14.2. The van der Waals surface area contributed by atoms with Crippen LogP contribution in [0.15, 0.2) is 61.7 Å². The summed E-state index contributed by atoms with van der Waals surface area (Å²) >= 11 is 0. The van der Waals surface area contributed by atoms with Crippen LogP contribution < -0.4 is 0 Å². The molecule has 3 N–H and O–H groups in total. The molecule has 0 atom stereocenters. The minimum Gasteiger partial charge on any atom is -0.477 e. The van der Waals surface area contributed by atoms with E-state index in [1.54, 1.807) is 24.8 Å². The maximum absolute atomic E-state index is 12.2. The van der Waals surface area contributed by atoms with Gasteiger partial charge in [0.2, 0.25) is 0 Å². The molecule has 0 aliphatic heterocycles. The number of imidazole rings is 2. The summed E-state index contributed by atoms with van der Waals surface area (Å²) in [4.78, 5) is 39.5. The Bertz CT molecular complexity index is 1300. The number of hydrogen-bond donors (Lipinski definition) is 3. The van der Waals surface area contributed by atoms with E-state index in [0.29, 0.717) is 5.92 Å². The zero-order chi connectivity index (χ0) is 24.8. The number of carboxylic acids is 2. The number of nitrogens with zero attached hydrogens (tertiary/aromatic N) is 5. The highest BCUT2D eigenvalue weighted by Crippen LogP contribution is 2.39. The van der Waals surface area contributed by atoms with Gasteiger partial charge in [-0.15, -0.1) is 0 Å². The van der Waals surface area contributed by atoms with Gasteiger partial charge < -0.3 is 19.8 Å². The van der Waals surface area contributed by atoms with Crippen molar-refractivity contribution < 1.29 is 24.2 Å². The number of halogens is 1. The van der Waals surface area contributed by atoms with Crippen molar-refractivity contribution in [2.75, 3.05) is 0 Å². The molecule has 0 spiro atoms. The summed E-state index contributed by atoms with van der Waals surface area (Å²) in [5, 5.41) is 17.2. The van der Waals surface area contributed by atoms with Crippen LogP contribution in [-0.4, -0.2) is 51.6 Å². The van der Waals surface area contributed by atoms with Gasteiger partial charge in [-0.2, -0.15) is 0 Å². The first-order chi connectivity index (χ1) is 16.9. The highest BCUT2D eigenvalue weighted by atomic mass is 19.1. The summed E-state index contributed by atoms with van der Waals surface area (Å²) in [5.74, 6) is -1.42. The minimum atomic E-state index is -1.22. The lowest BCUT2D eigenvalue weighted by Crippen LogP contribution is -2.01. The van der Waals surface area contributed by atoms with Gasteiger partial charge in [0.25, 0.3) is 0 Å². The predicted molar refractivity (Wildman–Crippen MR) is 122 cm³/mol. The average molecular weight is 478 g/mol. The maximum Gasteiger partial charge on any atom is 0.354 e. The Morgan fingerprint density at radius 2 is 1.60 bits per heavy atom. The number of H-pyrrole nitrogens is 1. The highest BCUT2D eigenvalue weighted by Gasteiger charge is 2.26. The molecule has 0 unspecified atom stereocenters. The quantitative estimate of drug-likeness (QED) is 0.389. The molecule has 4 aromatic heterocycles. The summed E-state index contributed by atoms with van der Waals surface area (Å²) in [7, 11) is 0. The first-order valence-electron chi connectivity index (χ1n) is 11.0.